The molecular formula is C16H11Cl2NO4S. The van der Waals surface area contributed by atoms with E-state index in [2.05, 4.69) is 0 Å². The molecule has 0 amide bonds. The van der Waals surface area contributed by atoms with Gasteiger partial charge in [0, 0.05) is 5.57 Å². The van der Waals surface area contributed by atoms with Gasteiger partial charge in [-0.25, -0.2) is 18.4 Å². The number of cyclic esters (lactones) is 1. The topological polar surface area (TPSA) is 86.5 Å². The number of carbonyl (C=O) groups is 1. The molecule has 0 radical (unpaired) electrons. The van der Waals surface area contributed by atoms with Crippen LogP contribution in [0.15, 0.2) is 47.4 Å². The Hall–Kier alpha value is -1.86. The summed E-state index contributed by atoms with van der Waals surface area (Å²) in [7, 11) is -3.78. The number of hydrogen-bond donors (Lipinski definition) is 1. The van der Waals surface area contributed by atoms with Gasteiger partial charge in [0.15, 0.2) is 0 Å². The monoisotopic (exact) mass is 383 g/mol. The first kappa shape index (κ1) is 17.0. The number of nitrogens with two attached hydrogens (primary N) is 1. The van der Waals surface area contributed by atoms with Crippen molar-refractivity contribution in [3.05, 3.63) is 63.6 Å². The van der Waals surface area contributed by atoms with Gasteiger partial charge in [0.1, 0.15) is 6.61 Å². The summed E-state index contributed by atoms with van der Waals surface area (Å²) in [4.78, 5) is 12.1. The lowest BCUT2D eigenvalue weighted by Crippen LogP contribution is -2.11. The number of ether oxygens (including phenoxy) is 1. The van der Waals surface area contributed by atoms with E-state index in [0.29, 0.717) is 32.3 Å². The van der Waals surface area contributed by atoms with E-state index in [1.807, 2.05) is 0 Å². The molecule has 0 bridgehead atoms. The van der Waals surface area contributed by atoms with Crippen LogP contribution < -0.4 is 5.14 Å². The van der Waals surface area contributed by atoms with Gasteiger partial charge < -0.3 is 4.74 Å². The molecule has 0 aliphatic carbocycles. The number of rotatable bonds is 3. The first-order valence-electron chi connectivity index (χ1n) is 6.76. The summed E-state index contributed by atoms with van der Waals surface area (Å²) in [5.74, 6) is -0.473. The molecule has 0 saturated carbocycles. The van der Waals surface area contributed by atoms with Crippen molar-refractivity contribution in [3.8, 4) is 0 Å². The van der Waals surface area contributed by atoms with Crippen LogP contribution in [0.25, 0.3) is 11.1 Å². The molecule has 1 heterocycles. The van der Waals surface area contributed by atoms with E-state index in [0.717, 1.165) is 0 Å². The normalized spacial score (nSPS) is 14.9. The van der Waals surface area contributed by atoms with Crippen LogP contribution in [0.5, 0.6) is 0 Å². The van der Waals surface area contributed by atoms with Gasteiger partial charge in [-0.2, -0.15) is 0 Å². The van der Waals surface area contributed by atoms with Crippen LogP contribution in [0.2, 0.25) is 10.0 Å². The molecule has 2 aromatic carbocycles. The Morgan fingerprint density at radius 1 is 0.958 bits per heavy atom. The highest BCUT2D eigenvalue weighted by atomic mass is 35.5. The van der Waals surface area contributed by atoms with Crippen molar-refractivity contribution < 1.29 is 17.9 Å². The number of benzene rings is 2. The van der Waals surface area contributed by atoms with Crippen LogP contribution in [-0.4, -0.2) is 21.0 Å². The molecule has 2 aromatic rings. The summed E-state index contributed by atoms with van der Waals surface area (Å²) in [5, 5.41) is 5.79. The van der Waals surface area contributed by atoms with Crippen molar-refractivity contribution in [2.75, 3.05) is 6.61 Å². The molecule has 0 spiro atoms. The maximum absolute atomic E-state index is 12.1. The number of sulfonamides is 1. The maximum Gasteiger partial charge on any atom is 0.339 e. The lowest BCUT2D eigenvalue weighted by atomic mass is 9.97. The zero-order valence-electron chi connectivity index (χ0n) is 12.1. The summed E-state index contributed by atoms with van der Waals surface area (Å²) in [6.45, 7) is 0.0864. The predicted octanol–water partition coefficient (Wildman–Crippen LogP) is 3.11. The Bertz CT molecular complexity index is 966. The van der Waals surface area contributed by atoms with E-state index < -0.39 is 16.0 Å². The SMILES string of the molecule is NS(=O)(=O)c1ccc(C2=C(c3ccc(Cl)c(Cl)c3)C(=O)OC2)cc1. The van der Waals surface area contributed by atoms with Gasteiger partial charge in [-0.15, -0.1) is 0 Å². The average Bonchev–Trinajstić information content (AvgIpc) is 2.91. The molecule has 0 fully saturated rings. The number of carbonyl (C=O) groups excluding carboxylic acids is 1. The number of hydrogen-bond acceptors (Lipinski definition) is 4. The van der Waals surface area contributed by atoms with Gasteiger partial charge in [-0.3, -0.25) is 0 Å². The average molecular weight is 384 g/mol. The highest BCUT2D eigenvalue weighted by Crippen LogP contribution is 2.35. The van der Waals surface area contributed by atoms with Crippen LogP contribution in [0.4, 0.5) is 0 Å². The number of esters is 1. The smallest absolute Gasteiger partial charge is 0.339 e. The third-order valence-corrected chi connectivity index (χ3v) is 5.26. The van der Waals surface area contributed by atoms with E-state index in [-0.39, 0.29) is 11.5 Å². The van der Waals surface area contributed by atoms with Crippen LogP contribution in [0.1, 0.15) is 11.1 Å². The second kappa shape index (κ2) is 6.22. The standard InChI is InChI=1S/C16H11Cl2NO4S/c17-13-6-3-10(7-14(13)18)15-12(8-23-16(15)20)9-1-4-11(5-2-9)24(19,21)22/h1-7H,8H2,(H2,19,21,22). The van der Waals surface area contributed by atoms with Crippen molar-refractivity contribution in [1.82, 2.24) is 0 Å². The fraction of sp³-hybridized carbons (Fsp3) is 0.0625. The molecule has 0 atom stereocenters. The zero-order chi connectivity index (χ0) is 17.5. The number of halogens is 2. The fourth-order valence-electron chi connectivity index (χ4n) is 2.42. The van der Waals surface area contributed by atoms with Crippen LogP contribution >= 0.6 is 23.2 Å². The van der Waals surface area contributed by atoms with Gasteiger partial charge in [0.2, 0.25) is 10.0 Å². The third-order valence-electron chi connectivity index (χ3n) is 3.59. The summed E-state index contributed by atoms with van der Waals surface area (Å²) in [5.41, 5.74) is 2.25. The zero-order valence-corrected chi connectivity index (χ0v) is 14.5. The summed E-state index contributed by atoms with van der Waals surface area (Å²) in [6.07, 6.45) is 0. The summed E-state index contributed by atoms with van der Waals surface area (Å²) >= 11 is 11.9. The van der Waals surface area contributed by atoms with E-state index in [1.165, 1.54) is 12.1 Å². The Kier molecular flexibility index (Phi) is 4.40. The molecule has 0 saturated heterocycles. The molecule has 1 aliphatic heterocycles. The Balaban J connectivity index is 2.11. The van der Waals surface area contributed by atoms with Gasteiger partial charge in [0.25, 0.3) is 0 Å². The third kappa shape index (κ3) is 3.18. The lowest BCUT2D eigenvalue weighted by Gasteiger charge is -2.07. The second-order valence-electron chi connectivity index (χ2n) is 5.13. The van der Waals surface area contributed by atoms with E-state index in [1.54, 1.807) is 30.3 Å². The minimum absolute atomic E-state index is 0.00632. The van der Waals surface area contributed by atoms with Crippen molar-refractivity contribution in [2.24, 2.45) is 5.14 Å². The van der Waals surface area contributed by atoms with Gasteiger partial charge in [0.05, 0.1) is 20.5 Å². The summed E-state index contributed by atoms with van der Waals surface area (Å²) in [6, 6.07) is 10.8. The Labute approximate surface area is 148 Å². The van der Waals surface area contributed by atoms with Crippen molar-refractivity contribution in [1.29, 1.82) is 0 Å². The van der Waals surface area contributed by atoms with Crippen molar-refractivity contribution in [2.45, 2.75) is 4.90 Å². The molecular weight excluding hydrogens is 373 g/mol. The molecule has 24 heavy (non-hydrogen) atoms. The maximum atomic E-state index is 12.1. The molecule has 2 N–H and O–H groups in total. The van der Waals surface area contributed by atoms with Gasteiger partial charge >= 0.3 is 5.97 Å². The highest BCUT2D eigenvalue weighted by molar-refractivity contribution is 7.89. The molecule has 8 heteroatoms. The minimum atomic E-state index is -3.78. The molecule has 3 rings (SSSR count). The molecule has 0 unspecified atom stereocenters. The Morgan fingerprint density at radius 3 is 2.17 bits per heavy atom. The predicted molar refractivity (Wildman–Crippen MR) is 92.1 cm³/mol. The van der Waals surface area contributed by atoms with Gasteiger partial charge in [-0.05, 0) is 35.4 Å². The largest absolute Gasteiger partial charge is 0.457 e. The van der Waals surface area contributed by atoms with E-state index in [4.69, 9.17) is 33.1 Å². The Morgan fingerprint density at radius 2 is 1.58 bits per heavy atom. The van der Waals surface area contributed by atoms with Crippen LogP contribution in [0.3, 0.4) is 0 Å². The van der Waals surface area contributed by atoms with E-state index in [9.17, 15) is 13.2 Å². The van der Waals surface area contributed by atoms with Gasteiger partial charge in [-0.1, -0.05) is 41.4 Å². The highest BCUT2D eigenvalue weighted by Gasteiger charge is 2.27. The van der Waals surface area contributed by atoms with Crippen molar-refractivity contribution >= 4 is 50.3 Å². The molecule has 124 valence electrons. The minimum Gasteiger partial charge on any atom is -0.457 e. The first-order valence-corrected chi connectivity index (χ1v) is 9.06. The van der Waals surface area contributed by atoms with Crippen molar-refractivity contribution in [3.63, 3.8) is 0 Å². The van der Waals surface area contributed by atoms with Crippen LogP contribution in [0, 0.1) is 0 Å². The number of primary sulfonamides is 1. The quantitative estimate of drug-likeness (QED) is 0.824. The summed E-state index contributed by atoms with van der Waals surface area (Å²) < 4.78 is 27.8. The lowest BCUT2D eigenvalue weighted by molar-refractivity contribution is -0.133. The van der Waals surface area contributed by atoms with Crippen LogP contribution in [-0.2, 0) is 19.6 Å². The van der Waals surface area contributed by atoms with E-state index >= 15 is 0 Å². The first-order chi connectivity index (χ1) is 11.3. The second-order valence-corrected chi connectivity index (χ2v) is 7.50. The molecule has 5 nitrogen and oxygen atoms in total. The molecule has 1 aliphatic rings. The molecule has 0 aromatic heterocycles. The fourth-order valence-corrected chi connectivity index (χ4v) is 3.24.